The molecule has 1 aromatic carbocycles. The van der Waals surface area contributed by atoms with Gasteiger partial charge in [0.25, 0.3) is 0 Å². The van der Waals surface area contributed by atoms with Crippen LogP contribution >= 0.6 is 28.3 Å². The molecule has 1 aromatic heterocycles. The first-order chi connectivity index (χ1) is 11.3. The van der Waals surface area contributed by atoms with Gasteiger partial charge in [0, 0.05) is 25.1 Å². The number of hydrogen-bond donors (Lipinski definition) is 1. The summed E-state index contributed by atoms with van der Waals surface area (Å²) < 4.78 is 11.1. The molecule has 25 heavy (non-hydrogen) atoms. The quantitative estimate of drug-likeness (QED) is 0.720. The molecule has 9 heteroatoms. The number of methoxy groups -OCH3 is 1. The second-order valence-corrected chi connectivity index (χ2v) is 6.63. The number of hydrogen-bond acceptors (Lipinski definition) is 6. The number of ether oxygens (including phenoxy) is 1. The van der Waals surface area contributed by atoms with Crippen LogP contribution in [0, 0.1) is 0 Å². The monoisotopic (exact) mass is 432 g/mol. The van der Waals surface area contributed by atoms with Crippen LogP contribution in [0.25, 0.3) is 0 Å². The van der Waals surface area contributed by atoms with E-state index in [2.05, 4.69) is 26.1 Å². The summed E-state index contributed by atoms with van der Waals surface area (Å²) >= 11 is 3.37. The number of nitrogens with zero attached hydrogens (tertiary/aromatic N) is 3. The molecule has 1 amide bonds. The molecule has 0 fully saturated rings. The van der Waals surface area contributed by atoms with Crippen LogP contribution in [0.1, 0.15) is 24.2 Å². The maximum Gasteiger partial charge on any atom is 0.247 e. The molecule has 1 heterocycles. The minimum absolute atomic E-state index is 0. The molecule has 0 saturated carbocycles. The molecule has 0 aliphatic rings. The number of carbonyl (C=O) groups is 1. The summed E-state index contributed by atoms with van der Waals surface area (Å²) in [5.41, 5.74) is 5.85. The molecule has 0 saturated heterocycles. The Balaban J connectivity index is 0.00000312. The van der Waals surface area contributed by atoms with Crippen LogP contribution in [-0.4, -0.2) is 41.7 Å². The van der Waals surface area contributed by atoms with Gasteiger partial charge in [-0.05, 0) is 24.6 Å². The van der Waals surface area contributed by atoms with E-state index in [1.54, 1.807) is 21.1 Å². The third kappa shape index (κ3) is 5.50. The van der Waals surface area contributed by atoms with Crippen molar-refractivity contribution in [2.75, 3.05) is 20.8 Å². The molecule has 138 valence electrons. The maximum atomic E-state index is 12.7. The Labute approximate surface area is 161 Å². The molecule has 0 aliphatic carbocycles. The maximum absolute atomic E-state index is 12.7. The van der Waals surface area contributed by atoms with Crippen LogP contribution in [0.3, 0.4) is 0 Å². The number of aromatic nitrogens is 2. The van der Waals surface area contributed by atoms with E-state index >= 15 is 0 Å². The summed E-state index contributed by atoms with van der Waals surface area (Å²) in [6.07, 6.45) is 0.561. The van der Waals surface area contributed by atoms with Gasteiger partial charge in [0.1, 0.15) is 5.54 Å². The van der Waals surface area contributed by atoms with Gasteiger partial charge in [-0.2, -0.15) is 4.98 Å². The van der Waals surface area contributed by atoms with E-state index in [1.165, 1.54) is 4.90 Å². The molecule has 0 aliphatic heterocycles. The normalized spacial score (nSPS) is 13.0. The number of nitrogens with two attached hydrogens (primary N) is 1. The zero-order chi connectivity index (χ0) is 17.7. The Morgan fingerprint density at radius 3 is 2.64 bits per heavy atom. The third-order valence-electron chi connectivity index (χ3n) is 3.65. The van der Waals surface area contributed by atoms with Crippen molar-refractivity contribution in [1.82, 2.24) is 15.0 Å². The lowest BCUT2D eigenvalue weighted by Crippen LogP contribution is -2.49. The van der Waals surface area contributed by atoms with Crippen molar-refractivity contribution in [3.8, 4) is 0 Å². The van der Waals surface area contributed by atoms with Gasteiger partial charge < -0.3 is 19.9 Å². The van der Waals surface area contributed by atoms with Crippen molar-refractivity contribution in [2.24, 2.45) is 5.73 Å². The first-order valence-electron chi connectivity index (χ1n) is 7.45. The van der Waals surface area contributed by atoms with Gasteiger partial charge in [-0.3, -0.25) is 4.79 Å². The molecule has 7 nitrogen and oxygen atoms in total. The minimum Gasteiger partial charge on any atom is -0.384 e. The SMILES string of the molecule is COCCc1noc(CN(C)C(=O)C(C)(N)c2ccc(Br)cc2)n1.Cl. The van der Waals surface area contributed by atoms with Crippen molar-refractivity contribution < 1.29 is 14.1 Å². The number of halogens is 2. The first-order valence-corrected chi connectivity index (χ1v) is 8.24. The van der Waals surface area contributed by atoms with Gasteiger partial charge in [0.2, 0.25) is 11.8 Å². The number of likely N-dealkylation sites (N-methyl/N-ethyl adjacent to an activating group) is 1. The number of rotatable bonds is 7. The van der Waals surface area contributed by atoms with Crippen molar-refractivity contribution in [3.63, 3.8) is 0 Å². The highest BCUT2D eigenvalue weighted by Gasteiger charge is 2.33. The van der Waals surface area contributed by atoms with Crippen LogP contribution in [0.2, 0.25) is 0 Å². The predicted molar refractivity (Wildman–Crippen MR) is 99.3 cm³/mol. The minimum atomic E-state index is -1.14. The smallest absolute Gasteiger partial charge is 0.247 e. The number of carbonyl (C=O) groups excluding carboxylic acids is 1. The molecular weight excluding hydrogens is 412 g/mol. The first kappa shape index (κ1) is 21.6. The predicted octanol–water partition coefficient (Wildman–Crippen LogP) is 2.28. The molecular formula is C16H22BrClN4O3. The lowest BCUT2D eigenvalue weighted by molar-refractivity contribution is -0.136. The largest absolute Gasteiger partial charge is 0.384 e. The van der Waals surface area contributed by atoms with Crippen LogP contribution in [0.15, 0.2) is 33.3 Å². The number of benzene rings is 1. The standard InChI is InChI=1S/C16H21BrN4O3.ClH/c1-16(18,11-4-6-12(17)7-5-11)15(22)21(2)10-14-19-13(20-24-14)8-9-23-3;/h4-7H,8-10,18H2,1-3H3;1H. The van der Waals surface area contributed by atoms with E-state index in [0.717, 1.165) is 10.0 Å². The fourth-order valence-electron chi connectivity index (χ4n) is 2.24. The van der Waals surface area contributed by atoms with Crippen LogP contribution in [0.4, 0.5) is 0 Å². The Bertz CT molecular complexity index is 691. The zero-order valence-electron chi connectivity index (χ0n) is 14.4. The average Bonchev–Trinajstić information content (AvgIpc) is 2.99. The van der Waals surface area contributed by atoms with E-state index in [0.29, 0.717) is 24.7 Å². The second kappa shape index (κ2) is 9.28. The van der Waals surface area contributed by atoms with Gasteiger partial charge in [-0.25, -0.2) is 0 Å². The van der Waals surface area contributed by atoms with Gasteiger partial charge in [-0.1, -0.05) is 33.2 Å². The van der Waals surface area contributed by atoms with Gasteiger partial charge >= 0.3 is 0 Å². The van der Waals surface area contributed by atoms with Gasteiger partial charge in [0.15, 0.2) is 5.82 Å². The van der Waals surface area contributed by atoms with Crippen LogP contribution in [-0.2, 0) is 28.0 Å². The molecule has 0 spiro atoms. The summed E-state index contributed by atoms with van der Waals surface area (Å²) in [4.78, 5) is 18.4. The molecule has 0 bridgehead atoms. The Kier molecular flexibility index (Phi) is 8.01. The Morgan fingerprint density at radius 1 is 1.40 bits per heavy atom. The summed E-state index contributed by atoms with van der Waals surface area (Å²) in [5, 5.41) is 3.86. The summed E-state index contributed by atoms with van der Waals surface area (Å²) in [6.45, 7) is 2.40. The lowest BCUT2D eigenvalue weighted by atomic mass is 9.92. The molecule has 1 unspecified atom stereocenters. The third-order valence-corrected chi connectivity index (χ3v) is 4.18. The summed E-state index contributed by atoms with van der Waals surface area (Å²) in [6, 6.07) is 7.36. The zero-order valence-corrected chi connectivity index (χ0v) is 16.8. The van der Waals surface area contributed by atoms with E-state index in [9.17, 15) is 4.79 Å². The van der Waals surface area contributed by atoms with Crippen molar-refractivity contribution in [1.29, 1.82) is 0 Å². The second-order valence-electron chi connectivity index (χ2n) is 5.72. The summed E-state index contributed by atoms with van der Waals surface area (Å²) in [5.74, 6) is 0.682. The topological polar surface area (TPSA) is 94.5 Å². The average molecular weight is 434 g/mol. The van der Waals surface area contributed by atoms with Crippen LogP contribution in [0.5, 0.6) is 0 Å². The molecule has 2 N–H and O–H groups in total. The highest BCUT2D eigenvalue weighted by Crippen LogP contribution is 2.23. The van der Waals surface area contributed by atoms with E-state index in [4.69, 9.17) is 15.0 Å². The van der Waals surface area contributed by atoms with Gasteiger partial charge in [0.05, 0.1) is 13.2 Å². The summed E-state index contributed by atoms with van der Waals surface area (Å²) in [7, 11) is 3.27. The van der Waals surface area contributed by atoms with Crippen LogP contribution < -0.4 is 5.73 Å². The Hall–Kier alpha value is -1.48. The highest BCUT2D eigenvalue weighted by molar-refractivity contribution is 9.10. The molecule has 1 atom stereocenters. The molecule has 0 radical (unpaired) electrons. The van der Waals surface area contributed by atoms with Crippen molar-refractivity contribution in [2.45, 2.75) is 25.4 Å². The molecule has 2 rings (SSSR count). The fourth-order valence-corrected chi connectivity index (χ4v) is 2.50. The number of amides is 1. The fraction of sp³-hybridized carbons (Fsp3) is 0.438. The van der Waals surface area contributed by atoms with Crippen molar-refractivity contribution >= 4 is 34.2 Å². The molecule has 2 aromatic rings. The van der Waals surface area contributed by atoms with E-state index < -0.39 is 5.54 Å². The van der Waals surface area contributed by atoms with Crippen molar-refractivity contribution in [3.05, 3.63) is 46.0 Å². The van der Waals surface area contributed by atoms with E-state index in [-0.39, 0.29) is 24.9 Å². The lowest BCUT2D eigenvalue weighted by Gasteiger charge is -2.29. The Morgan fingerprint density at radius 2 is 2.04 bits per heavy atom. The van der Waals surface area contributed by atoms with Gasteiger partial charge in [-0.15, -0.1) is 12.4 Å². The van der Waals surface area contributed by atoms with E-state index in [1.807, 2.05) is 24.3 Å². The highest BCUT2D eigenvalue weighted by atomic mass is 79.9.